The molecule has 0 radical (unpaired) electrons. The molecule has 2 rings (SSSR count). The topological polar surface area (TPSA) is 63.7 Å². The predicted octanol–water partition coefficient (Wildman–Crippen LogP) is 4.01. The SMILES string of the molecule is CC.CC.CC.O=C1CCC(=O)N1OC(=O)C1(C(F)(F)F)CC1. The molecule has 2 aliphatic rings. The van der Waals surface area contributed by atoms with E-state index in [9.17, 15) is 27.6 Å². The van der Waals surface area contributed by atoms with Gasteiger partial charge in [0.1, 0.15) is 0 Å². The lowest BCUT2D eigenvalue weighted by Gasteiger charge is -2.20. The van der Waals surface area contributed by atoms with E-state index in [0.29, 0.717) is 0 Å². The van der Waals surface area contributed by atoms with Gasteiger partial charge in [0.25, 0.3) is 11.8 Å². The molecule has 0 N–H and O–H groups in total. The van der Waals surface area contributed by atoms with Gasteiger partial charge in [-0.25, -0.2) is 4.79 Å². The lowest BCUT2D eigenvalue weighted by molar-refractivity contribution is -0.230. The molecule has 0 unspecified atom stereocenters. The fraction of sp³-hybridized carbons (Fsp3) is 0.800. The van der Waals surface area contributed by atoms with Crippen LogP contribution in [-0.4, -0.2) is 29.0 Å². The molecular weight excluding hydrogens is 315 g/mol. The van der Waals surface area contributed by atoms with Crippen LogP contribution in [0, 0.1) is 5.41 Å². The predicted molar refractivity (Wildman–Crippen MR) is 78.9 cm³/mol. The minimum atomic E-state index is -4.71. The van der Waals surface area contributed by atoms with E-state index in [1.54, 1.807) is 0 Å². The van der Waals surface area contributed by atoms with Crippen LogP contribution in [0.2, 0.25) is 0 Å². The highest BCUT2D eigenvalue weighted by atomic mass is 19.4. The van der Waals surface area contributed by atoms with Crippen molar-refractivity contribution in [2.45, 2.75) is 73.4 Å². The molecule has 1 saturated carbocycles. The molecule has 23 heavy (non-hydrogen) atoms. The fourth-order valence-corrected chi connectivity index (χ4v) is 1.56. The van der Waals surface area contributed by atoms with Crippen molar-refractivity contribution in [2.75, 3.05) is 0 Å². The monoisotopic (exact) mass is 341 g/mol. The van der Waals surface area contributed by atoms with Crippen LogP contribution in [0.3, 0.4) is 0 Å². The van der Waals surface area contributed by atoms with Gasteiger partial charge in [0.15, 0.2) is 5.41 Å². The summed E-state index contributed by atoms with van der Waals surface area (Å²) in [5, 5.41) is 0.133. The Morgan fingerprint density at radius 2 is 1.30 bits per heavy atom. The molecule has 0 atom stereocenters. The van der Waals surface area contributed by atoms with Crippen LogP contribution in [0.25, 0.3) is 0 Å². The molecule has 2 amide bonds. The number of amides is 2. The summed E-state index contributed by atoms with van der Waals surface area (Å²) in [7, 11) is 0. The first kappa shape index (κ1) is 23.7. The fourth-order valence-electron chi connectivity index (χ4n) is 1.56. The Kier molecular flexibility index (Phi) is 10.5. The first-order valence-electron chi connectivity index (χ1n) is 7.93. The third-order valence-electron chi connectivity index (χ3n) is 2.86. The first-order chi connectivity index (χ1) is 10.8. The molecule has 8 heteroatoms. The molecule has 1 aliphatic heterocycles. The lowest BCUT2D eigenvalue weighted by Crippen LogP contribution is -2.40. The highest BCUT2D eigenvalue weighted by molar-refractivity contribution is 6.02. The van der Waals surface area contributed by atoms with Crippen LogP contribution in [-0.2, 0) is 19.2 Å². The van der Waals surface area contributed by atoms with Crippen molar-refractivity contribution in [3.8, 4) is 0 Å². The van der Waals surface area contributed by atoms with Crippen LogP contribution >= 0.6 is 0 Å². The zero-order chi connectivity index (χ0) is 18.8. The van der Waals surface area contributed by atoms with Gasteiger partial charge < -0.3 is 4.84 Å². The zero-order valence-electron chi connectivity index (χ0n) is 14.5. The minimum absolute atomic E-state index is 0.133. The number of hydrogen-bond acceptors (Lipinski definition) is 4. The second-order valence-corrected chi connectivity index (χ2v) is 4.04. The maximum absolute atomic E-state index is 12.5. The van der Waals surface area contributed by atoms with Crippen molar-refractivity contribution < 1.29 is 32.4 Å². The molecule has 1 saturated heterocycles. The summed E-state index contributed by atoms with van der Waals surface area (Å²) in [5.74, 6) is -3.16. The molecule has 0 aromatic carbocycles. The Morgan fingerprint density at radius 3 is 1.57 bits per heavy atom. The van der Waals surface area contributed by atoms with Gasteiger partial charge in [0.2, 0.25) is 0 Å². The van der Waals surface area contributed by atoms with Gasteiger partial charge in [-0.15, -0.1) is 5.06 Å². The quantitative estimate of drug-likeness (QED) is 0.712. The van der Waals surface area contributed by atoms with E-state index < -0.39 is 29.4 Å². The van der Waals surface area contributed by atoms with Crippen molar-refractivity contribution >= 4 is 17.8 Å². The standard InChI is InChI=1S/C9H8F3NO4.3C2H6/c10-9(11,12)8(3-4-8)7(16)17-13-5(14)1-2-6(13)15;3*1-2/h1-4H2;3*1-2H3. The molecule has 2 fully saturated rings. The zero-order valence-corrected chi connectivity index (χ0v) is 14.5. The molecule has 136 valence electrons. The van der Waals surface area contributed by atoms with E-state index >= 15 is 0 Å². The number of hydrogen-bond donors (Lipinski definition) is 0. The Bertz CT molecular complexity index is 388. The number of hydroxylamine groups is 2. The molecular formula is C15H26F3NO4. The Morgan fingerprint density at radius 1 is 0.957 bits per heavy atom. The highest BCUT2D eigenvalue weighted by Gasteiger charge is 2.70. The average Bonchev–Trinajstić information content (AvgIpc) is 3.32. The smallest absolute Gasteiger partial charge is 0.329 e. The molecule has 1 heterocycles. The number of carbonyl (C=O) groups is 3. The van der Waals surface area contributed by atoms with Crippen LogP contribution in [0.4, 0.5) is 13.2 Å². The maximum atomic E-state index is 12.5. The largest absolute Gasteiger partial charge is 0.405 e. The van der Waals surface area contributed by atoms with Crippen molar-refractivity contribution in [3.63, 3.8) is 0 Å². The highest BCUT2D eigenvalue weighted by Crippen LogP contribution is 2.58. The summed E-state index contributed by atoms with van der Waals surface area (Å²) in [6, 6.07) is 0. The Hall–Kier alpha value is -1.60. The number of alkyl halides is 3. The number of imide groups is 1. The van der Waals surface area contributed by atoms with E-state index in [-0.39, 0.29) is 30.7 Å². The third-order valence-corrected chi connectivity index (χ3v) is 2.86. The normalized spacial score (nSPS) is 17.7. The van der Waals surface area contributed by atoms with Crippen molar-refractivity contribution in [1.82, 2.24) is 5.06 Å². The van der Waals surface area contributed by atoms with Gasteiger partial charge >= 0.3 is 12.1 Å². The van der Waals surface area contributed by atoms with Gasteiger partial charge in [0.05, 0.1) is 0 Å². The molecule has 0 aromatic rings. The maximum Gasteiger partial charge on any atom is 0.405 e. The Labute approximate surface area is 135 Å². The van der Waals surface area contributed by atoms with E-state index in [0.717, 1.165) is 0 Å². The van der Waals surface area contributed by atoms with Crippen LogP contribution in [0.1, 0.15) is 67.2 Å². The summed E-state index contributed by atoms with van der Waals surface area (Å²) >= 11 is 0. The average molecular weight is 341 g/mol. The lowest BCUT2D eigenvalue weighted by atomic mass is 10.1. The van der Waals surface area contributed by atoms with Gasteiger partial charge in [-0.05, 0) is 12.8 Å². The summed E-state index contributed by atoms with van der Waals surface area (Å²) in [5.41, 5.74) is -2.53. The second kappa shape index (κ2) is 10.2. The van der Waals surface area contributed by atoms with Crippen molar-refractivity contribution in [3.05, 3.63) is 0 Å². The van der Waals surface area contributed by atoms with E-state index in [1.807, 2.05) is 41.5 Å². The van der Waals surface area contributed by atoms with Gasteiger partial charge in [-0.1, -0.05) is 41.5 Å². The van der Waals surface area contributed by atoms with Gasteiger partial charge in [-0.2, -0.15) is 13.2 Å². The minimum Gasteiger partial charge on any atom is -0.329 e. The van der Waals surface area contributed by atoms with Gasteiger partial charge in [-0.3, -0.25) is 9.59 Å². The number of halogens is 3. The third kappa shape index (κ3) is 5.51. The molecule has 0 spiro atoms. The Balaban J connectivity index is 0. The van der Waals surface area contributed by atoms with Gasteiger partial charge in [0, 0.05) is 12.8 Å². The molecule has 0 aromatic heterocycles. The first-order valence-corrected chi connectivity index (χ1v) is 7.93. The number of nitrogens with zero attached hydrogens (tertiary/aromatic N) is 1. The summed E-state index contributed by atoms with van der Waals surface area (Å²) in [6.07, 6.45) is -5.75. The molecule has 1 aliphatic carbocycles. The van der Waals surface area contributed by atoms with Crippen molar-refractivity contribution in [2.24, 2.45) is 5.41 Å². The van der Waals surface area contributed by atoms with Crippen molar-refractivity contribution in [1.29, 1.82) is 0 Å². The number of carbonyl (C=O) groups excluding carboxylic acids is 3. The molecule has 0 bridgehead atoms. The summed E-state index contributed by atoms with van der Waals surface area (Å²) in [4.78, 5) is 37.7. The summed E-state index contributed by atoms with van der Waals surface area (Å²) < 4.78 is 37.6. The van der Waals surface area contributed by atoms with E-state index in [4.69, 9.17) is 0 Å². The second-order valence-electron chi connectivity index (χ2n) is 4.04. The van der Waals surface area contributed by atoms with Crippen LogP contribution in [0.15, 0.2) is 0 Å². The molecule has 5 nitrogen and oxygen atoms in total. The number of rotatable bonds is 2. The summed E-state index contributed by atoms with van der Waals surface area (Å²) in [6.45, 7) is 12.0. The van der Waals surface area contributed by atoms with Crippen LogP contribution in [0.5, 0.6) is 0 Å². The van der Waals surface area contributed by atoms with Crippen LogP contribution < -0.4 is 0 Å². The van der Waals surface area contributed by atoms with E-state index in [1.165, 1.54) is 0 Å². The van der Waals surface area contributed by atoms with E-state index in [2.05, 4.69) is 4.84 Å².